The third-order valence-corrected chi connectivity index (χ3v) is 7.14. The lowest BCUT2D eigenvalue weighted by Crippen LogP contribution is -2.27. The van der Waals surface area contributed by atoms with E-state index in [2.05, 4.69) is 0 Å². The normalized spacial score (nSPS) is 18.6. The van der Waals surface area contributed by atoms with E-state index in [0.29, 0.717) is 40.9 Å². The van der Waals surface area contributed by atoms with Gasteiger partial charge in [-0.15, -0.1) is 0 Å². The molecule has 0 fully saturated rings. The van der Waals surface area contributed by atoms with Gasteiger partial charge in [-0.25, -0.2) is 4.79 Å². The molecule has 9 nitrogen and oxygen atoms in total. The molecule has 0 amide bonds. The molecule has 1 aliphatic carbocycles. The van der Waals surface area contributed by atoms with Crippen LogP contribution in [0, 0.1) is 5.92 Å². The molecular weight excluding hydrogens is 516 g/mol. The van der Waals surface area contributed by atoms with Crippen molar-refractivity contribution in [2.75, 3.05) is 33.7 Å². The van der Waals surface area contributed by atoms with E-state index in [9.17, 15) is 14.7 Å². The first-order valence-corrected chi connectivity index (χ1v) is 13.3. The maximum absolute atomic E-state index is 13.8. The minimum atomic E-state index is -1.11. The van der Waals surface area contributed by atoms with Gasteiger partial charge in [0.15, 0.2) is 18.1 Å². The molecule has 0 spiro atoms. The van der Waals surface area contributed by atoms with Crippen molar-refractivity contribution in [3.63, 3.8) is 0 Å². The van der Waals surface area contributed by atoms with Crippen molar-refractivity contribution >= 4 is 11.9 Å². The van der Waals surface area contributed by atoms with Crippen molar-refractivity contribution in [1.82, 2.24) is 0 Å². The number of rotatable bonds is 11. The molecule has 0 aromatic heterocycles. The lowest BCUT2D eigenvalue weighted by Gasteiger charge is -2.26. The van der Waals surface area contributed by atoms with E-state index in [0.717, 1.165) is 23.1 Å². The summed E-state index contributed by atoms with van der Waals surface area (Å²) >= 11 is 0. The van der Waals surface area contributed by atoms with E-state index >= 15 is 0 Å². The van der Waals surface area contributed by atoms with Crippen LogP contribution >= 0.6 is 0 Å². The highest BCUT2D eigenvalue weighted by Crippen LogP contribution is 2.56. The molecule has 3 aromatic rings. The van der Waals surface area contributed by atoms with Crippen molar-refractivity contribution < 1.29 is 43.1 Å². The van der Waals surface area contributed by atoms with Gasteiger partial charge in [0, 0.05) is 23.5 Å². The molecule has 9 heteroatoms. The molecule has 3 aromatic carbocycles. The van der Waals surface area contributed by atoms with Crippen LogP contribution in [0.1, 0.15) is 54.4 Å². The molecule has 1 heterocycles. The van der Waals surface area contributed by atoms with E-state index in [1.807, 2.05) is 49.4 Å². The number of hydrogen-bond acceptors (Lipinski definition) is 8. The van der Waals surface area contributed by atoms with Gasteiger partial charge in [0.05, 0.1) is 26.2 Å². The molecule has 1 aliphatic heterocycles. The maximum Gasteiger partial charge on any atom is 0.341 e. The van der Waals surface area contributed by atoms with Crippen LogP contribution in [0.15, 0.2) is 54.6 Å². The van der Waals surface area contributed by atoms with Gasteiger partial charge >= 0.3 is 11.9 Å². The Balaban J connectivity index is 1.71. The number of ether oxygens (including phenoxy) is 6. The minimum Gasteiger partial charge on any atom is -0.497 e. The number of aliphatic carboxylic acids is 1. The van der Waals surface area contributed by atoms with Crippen molar-refractivity contribution in [1.29, 1.82) is 0 Å². The second-order valence-electron chi connectivity index (χ2n) is 9.57. The zero-order chi connectivity index (χ0) is 28.2. The quantitative estimate of drug-likeness (QED) is 0.326. The Bertz CT molecular complexity index is 1400. The second kappa shape index (κ2) is 11.8. The first-order chi connectivity index (χ1) is 19.4. The first kappa shape index (κ1) is 27.2. The zero-order valence-electron chi connectivity index (χ0n) is 22.7. The monoisotopic (exact) mass is 548 g/mol. The maximum atomic E-state index is 13.8. The van der Waals surface area contributed by atoms with Gasteiger partial charge in [0.25, 0.3) is 0 Å². The van der Waals surface area contributed by atoms with Gasteiger partial charge in [-0.2, -0.15) is 0 Å². The van der Waals surface area contributed by atoms with Crippen LogP contribution < -0.4 is 23.7 Å². The summed E-state index contributed by atoms with van der Waals surface area (Å²) in [5, 5.41) is 9.34. The average Bonchev–Trinajstić information content (AvgIpc) is 3.56. The summed E-state index contributed by atoms with van der Waals surface area (Å²) in [5.41, 5.74) is 3.33. The van der Waals surface area contributed by atoms with Gasteiger partial charge in [0.2, 0.25) is 6.79 Å². The fourth-order valence-corrected chi connectivity index (χ4v) is 5.52. The van der Waals surface area contributed by atoms with Crippen LogP contribution in [-0.2, 0) is 14.3 Å². The Kier molecular flexibility index (Phi) is 8.00. The summed E-state index contributed by atoms with van der Waals surface area (Å²) in [5.74, 6) is -0.318. The second-order valence-corrected chi connectivity index (χ2v) is 9.57. The predicted molar refractivity (Wildman–Crippen MR) is 145 cm³/mol. The van der Waals surface area contributed by atoms with Gasteiger partial charge < -0.3 is 33.5 Å². The molecule has 210 valence electrons. The van der Waals surface area contributed by atoms with E-state index < -0.39 is 24.4 Å². The number of carboxylic acid groups (broad SMARTS) is 1. The molecule has 0 saturated carbocycles. The topological polar surface area (TPSA) is 110 Å². The highest BCUT2D eigenvalue weighted by Gasteiger charge is 2.48. The predicted octanol–water partition coefficient (Wildman–Crippen LogP) is 5.13. The molecule has 3 unspecified atom stereocenters. The smallest absolute Gasteiger partial charge is 0.341 e. The molecule has 3 atom stereocenters. The summed E-state index contributed by atoms with van der Waals surface area (Å²) in [6.45, 7) is 4.16. The Morgan fingerprint density at radius 2 is 1.65 bits per heavy atom. The molecule has 2 aliphatic rings. The van der Waals surface area contributed by atoms with Crippen LogP contribution in [0.4, 0.5) is 0 Å². The lowest BCUT2D eigenvalue weighted by atomic mass is 9.79. The summed E-state index contributed by atoms with van der Waals surface area (Å²) in [7, 11) is 1.52. The van der Waals surface area contributed by atoms with E-state index in [4.69, 9.17) is 28.4 Å². The van der Waals surface area contributed by atoms with Crippen molar-refractivity contribution in [2.45, 2.75) is 32.1 Å². The third kappa shape index (κ3) is 5.23. The van der Waals surface area contributed by atoms with Crippen LogP contribution in [0.25, 0.3) is 0 Å². The first-order valence-electron chi connectivity index (χ1n) is 13.3. The number of carbonyl (C=O) groups is 2. The fourth-order valence-electron chi connectivity index (χ4n) is 5.52. The van der Waals surface area contributed by atoms with Crippen molar-refractivity contribution in [3.05, 3.63) is 76.9 Å². The molecule has 0 bridgehead atoms. The Labute approximate surface area is 232 Å². The molecule has 0 saturated heterocycles. The molecule has 5 rings (SSSR count). The van der Waals surface area contributed by atoms with Crippen molar-refractivity contribution in [3.8, 4) is 28.7 Å². The average molecular weight is 549 g/mol. The molecule has 0 radical (unpaired) electrons. The number of esters is 1. The lowest BCUT2D eigenvalue weighted by molar-refractivity contribution is -0.148. The minimum absolute atomic E-state index is 0.137. The summed E-state index contributed by atoms with van der Waals surface area (Å²) in [6.07, 6.45) is 0.845. The summed E-state index contributed by atoms with van der Waals surface area (Å²) in [4.78, 5) is 25.2. The summed E-state index contributed by atoms with van der Waals surface area (Å²) < 4.78 is 33.9. The van der Waals surface area contributed by atoms with Gasteiger partial charge in [-0.3, -0.25) is 4.79 Å². The standard InChI is InChI=1S/C31H32O9/c1-4-12-37-20-8-9-21-23(14-20)29(22-10-7-19(35-3)15-25(22)38-16-27(32)33)30(31(34)36-5-2)28(21)18-6-11-24-26(13-18)40-17-39-24/h6-11,13-15,28-30H,4-5,12,16-17H2,1-3H3,(H,32,33). The highest BCUT2D eigenvalue weighted by molar-refractivity contribution is 5.80. The van der Waals surface area contributed by atoms with Gasteiger partial charge in [-0.1, -0.05) is 25.1 Å². The van der Waals surface area contributed by atoms with E-state index in [-0.39, 0.29) is 25.3 Å². The number of methoxy groups -OCH3 is 1. The molecule has 1 N–H and O–H groups in total. The van der Waals surface area contributed by atoms with Crippen LogP contribution in [0.5, 0.6) is 28.7 Å². The number of carboxylic acids is 1. The third-order valence-electron chi connectivity index (χ3n) is 7.14. The zero-order valence-corrected chi connectivity index (χ0v) is 22.7. The number of fused-ring (bicyclic) bond motifs is 2. The highest BCUT2D eigenvalue weighted by atomic mass is 16.7. The van der Waals surface area contributed by atoms with Gasteiger partial charge in [-0.05, 0) is 60.4 Å². The van der Waals surface area contributed by atoms with Gasteiger partial charge in [0.1, 0.15) is 17.2 Å². The van der Waals surface area contributed by atoms with Crippen LogP contribution in [-0.4, -0.2) is 50.8 Å². The van der Waals surface area contributed by atoms with Crippen LogP contribution in [0.3, 0.4) is 0 Å². The number of carbonyl (C=O) groups excluding carboxylic acids is 1. The fraction of sp³-hybridized carbons (Fsp3) is 0.355. The largest absolute Gasteiger partial charge is 0.497 e. The Hall–Kier alpha value is -4.40. The number of benzene rings is 3. The Morgan fingerprint density at radius 1 is 0.875 bits per heavy atom. The van der Waals surface area contributed by atoms with Crippen LogP contribution in [0.2, 0.25) is 0 Å². The van der Waals surface area contributed by atoms with E-state index in [1.165, 1.54) is 7.11 Å². The summed E-state index contributed by atoms with van der Waals surface area (Å²) in [6, 6.07) is 16.8. The SMILES string of the molecule is CCCOc1ccc2c(c1)C(c1ccc(OC)cc1OCC(=O)O)C(C(=O)OCC)C2c1ccc2c(c1)OCO2. The number of hydrogen-bond donors (Lipinski definition) is 1. The molecular formula is C31H32O9. The Morgan fingerprint density at radius 3 is 2.40 bits per heavy atom. The van der Waals surface area contributed by atoms with E-state index in [1.54, 1.807) is 19.1 Å². The molecule has 40 heavy (non-hydrogen) atoms. The van der Waals surface area contributed by atoms with Crippen molar-refractivity contribution in [2.24, 2.45) is 5.92 Å².